The number of allylic oxidation sites excluding steroid dienone is 10. The van der Waals surface area contributed by atoms with Crippen molar-refractivity contribution in [3.63, 3.8) is 0 Å². The van der Waals surface area contributed by atoms with Crippen LogP contribution in [0, 0.1) is 5.92 Å². The third kappa shape index (κ3) is 6.59. The predicted octanol–water partition coefficient (Wildman–Crippen LogP) is 7.13. The van der Waals surface area contributed by atoms with Crippen LogP contribution in [0.2, 0.25) is 0 Å². The maximum Gasteiger partial charge on any atom is 0.0872 e. The Kier molecular flexibility index (Phi) is 9.17. The molecule has 1 aliphatic rings. The summed E-state index contributed by atoms with van der Waals surface area (Å²) in [6.45, 7) is 12.4. The fraction of sp³-hybridized carbons (Fsp3) is 0.269. The van der Waals surface area contributed by atoms with Crippen molar-refractivity contribution in [2.24, 2.45) is 10.3 Å². The van der Waals surface area contributed by atoms with Crippen LogP contribution in [0.5, 0.6) is 0 Å². The zero-order chi connectivity index (χ0) is 21.2. The van der Waals surface area contributed by atoms with Crippen LogP contribution in [0.1, 0.15) is 32.3 Å². The van der Waals surface area contributed by atoms with Gasteiger partial charge in [0.2, 0.25) is 0 Å². The molecule has 1 aromatic rings. The maximum absolute atomic E-state index is 4.76. The van der Waals surface area contributed by atoms with Crippen LogP contribution >= 0.6 is 12.1 Å². The normalized spacial score (nSPS) is 18.4. The molecule has 2 nitrogen and oxygen atoms in total. The molecule has 1 atom stereocenters. The molecule has 0 bridgehead atoms. The van der Waals surface area contributed by atoms with Gasteiger partial charge in [0, 0.05) is 17.1 Å². The first kappa shape index (κ1) is 22.9. The molecular weight excluding hydrogens is 372 g/mol. The molecule has 0 spiro atoms. The van der Waals surface area contributed by atoms with E-state index in [2.05, 4.69) is 63.4 Å². The molecule has 0 saturated heterocycles. The zero-order valence-corrected chi connectivity index (χ0v) is 18.9. The molecule has 0 amide bonds. The summed E-state index contributed by atoms with van der Waals surface area (Å²) in [6.07, 6.45) is 14.8. The highest BCUT2D eigenvalue weighted by Gasteiger charge is 2.15. The van der Waals surface area contributed by atoms with Gasteiger partial charge in [0.1, 0.15) is 0 Å². The maximum atomic E-state index is 4.76. The predicted molar refractivity (Wildman–Crippen MR) is 131 cm³/mol. The minimum Gasteiger partial charge on any atom is -0.237 e. The molecule has 1 unspecified atom stereocenters. The summed E-state index contributed by atoms with van der Waals surface area (Å²) in [7, 11) is 3.98. The average Bonchev–Trinajstić information content (AvgIpc) is 2.75. The van der Waals surface area contributed by atoms with Gasteiger partial charge >= 0.3 is 0 Å². The lowest BCUT2D eigenvalue weighted by molar-refractivity contribution is 0.704. The monoisotopic (exact) mass is 404 g/mol. The van der Waals surface area contributed by atoms with Crippen molar-refractivity contribution in [2.45, 2.75) is 26.7 Å². The Morgan fingerprint density at radius 3 is 2.52 bits per heavy atom. The highest BCUT2D eigenvalue weighted by atomic mass is 32.2. The van der Waals surface area contributed by atoms with Gasteiger partial charge in [-0.05, 0) is 39.4 Å². The van der Waals surface area contributed by atoms with E-state index in [1.165, 1.54) is 28.9 Å². The van der Waals surface area contributed by atoms with Crippen molar-refractivity contribution in [2.75, 3.05) is 14.1 Å². The fourth-order valence-corrected chi connectivity index (χ4v) is 3.70. The Balaban J connectivity index is 2.32. The Bertz CT molecular complexity index is 867. The van der Waals surface area contributed by atoms with Crippen LogP contribution in [0.4, 0.5) is 0 Å². The molecule has 0 saturated carbocycles. The first-order valence-electron chi connectivity index (χ1n) is 10.0. The molecule has 0 fully saturated rings. The first-order valence-corrected chi connectivity index (χ1v) is 10.7. The average molecular weight is 405 g/mol. The second kappa shape index (κ2) is 11.6. The summed E-state index contributed by atoms with van der Waals surface area (Å²) < 4.78 is 6.74. The van der Waals surface area contributed by atoms with Crippen LogP contribution in [-0.2, 0) is 0 Å². The lowest BCUT2D eigenvalue weighted by Gasteiger charge is -2.21. The SMILES string of the molecule is C=CC1=C(CC)CC(/C(C)=C/C=C(C=C)/C(=N/SN(C)C)c2ccccc2)C=C1. The third-order valence-electron chi connectivity index (χ3n) is 4.98. The van der Waals surface area contributed by atoms with E-state index in [4.69, 9.17) is 4.40 Å². The van der Waals surface area contributed by atoms with E-state index in [1.807, 2.05) is 48.8 Å². The number of nitrogens with zero attached hydrogens (tertiary/aromatic N) is 2. The van der Waals surface area contributed by atoms with Crippen molar-refractivity contribution in [3.8, 4) is 0 Å². The Morgan fingerprint density at radius 2 is 1.93 bits per heavy atom. The topological polar surface area (TPSA) is 15.6 Å². The summed E-state index contributed by atoms with van der Waals surface area (Å²) in [4.78, 5) is 0. The fourth-order valence-electron chi connectivity index (χ4n) is 3.24. The molecule has 29 heavy (non-hydrogen) atoms. The van der Waals surface area contributed by atoms with Gasteiger partial charge in [-0.15, -0.1) is 0 Å². The molecule has 3 heteroatoms. The van der Waals surface area contributed by atoms with E-state index >= 15 is 0 Å². The molecule has 2 rings (SSSR count). The van der Waals surface area contributed by atoms with E-state index < -0.39 is 0 Å². The standard InChI is InChI=1S/C26H32N2S/c1-7-21-17-18-25(19-23(21)9-3)20(4)15-16-22(8-2)26(27-29-28(5)6)24-13-11-10-12-14-24/h7-8,10-18,25H,1-2,9,19H2,3-6H3/b20-15+,22-16+,27-26-. The van der Waals surface area contributed by atoms with Gasteiger partial charge in [-0.25, -0.2) is 4.31 Å². The van der Waals surface area contributed by atoms with Gasteiger partial charge in [0.05, 0.1) is 17.8 Å². The number of benzene rings is 1. The summed E-state index contributed by atoms with van der Waals surface area (Å²) in [5, 5.41) is 0. The van der Waals surface area contributed by atoms with Crippen LogP contribution < -0.4 is 0 Å². The van der Waals surface area contributed by atoms with E-state index in [9.17, 15) is 0 Å². The van der Waals surface area contributed by atoms with Crippen molar-refractivity contribution in [1.29, 1.82) is 0 Å². The van der Waals surface area contributed by atoms with Gasteiger partial charge in [0.15, 0.2) is 0 Å². The molecule has 0 heterocycles. The van der Waals surface area contributed by atoms with Crippen LogP contribution in [0.15, 0.2) is 107 Å². The second-order valence-electron chi connectivity index (χ2n) is 7.22. The summed E-state index contributed by atoms with van der Waals surface area (Å²) in [5.74, 6) is 0.421. The van der Waals surface area contributed by atoms with Crippen LogP contribution in [-0.4, -0.2) is 24.1 Å². The van der Waals surface area contributed by atoms with Crippen molar-refractivity contribution in [3.05, 3.63) is 108 Å². The number of hydrogen-bond donors (Lipinski definition) is 0. The highest BCUT2D eigenvalue weighted by molar-refractivity contribution is 7.95. The zero-order valence-electron chi connectivity index (χ0n) is 18.1. The molecule has 0 radical (unpaired) electrons. The van der Waals surface area contributed by atoms with E-state index in [-0.39, 0.29) is 0 Å². The molecule has 0 aromatic heterocycles. The van der Waals surface area contributed by atoms with Crippen LogP contribution in [0.25, 0.3) is 0 Å². The lowest BCUT2D eigenvalue weighted by Crippen LogP contribution is -2.07. The molecule has 1 aromatic carbocycles. The summed E-state index contributed by atoms with van der Waals surface area (Å²) >= 11 is 1.43. The molecular formula is C26H32N2S. The number of rotatable bonds is 9. The molecule has 0 N–H and O–H groups in total. The molecule has 0 aliphatic heterocycles. The van der Waals surface area contributed by atoms with Gasteiger partial charge in [-0.1, -0.05) is 98.0 Å². The number of hydrogen-bond acceptors (Lipinski definition) is 3. The van der Waals surface area contributed by atoms with Crippen molar-refractivity contribution in [1.82, 2.24) is 4.31 Å². The smallest absolute Gasteiger partial charge is 0.0872 e. The summed E-state index contributed by atoms with van der Waals surface area (Å²) in [5.41, 5.74) is 7.12. The quantitative estimate of drug-likeness (QED) is 0.247. The Morgan fingerprint density at radius 1 is 1.21 bits per heavy atom. The second-order valence-corrected chi connectivity index (χ2v) is 8.30. The highest BCUT2D eigenvalue weighted by Crippen LogP contribution is 2.31. The van der Waals surface area contributed by atoms with E-state index in [0.717, 1.165) is 29.7 Å². The van der Waals surface area contributed by atoms with Gasteiger partial charge in [0.25, 0.3) is 0 Å². The summed E-state index contributed by atoms with van der Waals surface area (Å²) in [6, 6.07) is 10.3. The Labute approximate surface area is 181 Å². The van der Waals surface area contributed by atoms with E-state index in [1.54, 1.807) is 0 Å². The van der Waals surface area contributed by atoms with Gasteiger partial charge in [-0.2, -0.15) is 4.40 Å². The molecule has 152 valence electrons. The van der Waals surface area contributed by atoms with Crippen molar-refractivity contribution >= 4 is 17.8 Å². The first-order chi connectivity index (χ1) is 14.0. The largest absolute Gasteiger partial charge is 0.237 e. The molecule has 1 aliphatic carbocycles. The Hall–Kier alpha value is -2.36. The van der Waals surface area contributed by atoms with Crippen LogP contribution in [0.3, 0.4) is 0 Å². The van der Waals surface area contributed by atoms with Gasteiger partial charge in [-0.3, -0.25) is 0 Å². The minimum absolute atomic E-state index is 0.421. The van der Waals surface area contributed by atoms with E-state index in [0.29, 0.717) is 5.92 Å². The van der Waals surface area contributed by atoms with Crippen molar-refractivity contribution < 1.29 is 0 Å². The third-order valence-corrected chi connectivity index (χ3v) is 5.57. The lowest BCUT2D eigenvalue weighted by atomic mass is 9.84. The van der Waals surface area contributed by atoms with Gasteiger partial charge < -0.3 is 0 Å². The minimum atomic E-state index is 0.421.